The van der Waals surface area contributed by atoms with E-state index in [0.29, 0.717) is 25.2 Å². The second kappa shape index (κ2) is 6.61. The largest absolute Gasteiger partial charge is 0.366 e. The first kappa shape index (κ1) is 16.5. The Hall–Kier alpha value is -3.40. The number of carbonyl (C=O) groups excluding carboxylic acids is 1. The number of fused-ring (bicyclic) bond motifs is 1. The molecule has 1 N–H and O–H groups in total. The second-order valence-electron chi connectivity index (χ2n) is 5.87. The summed E-state index contributed by atoms with van der Waals surface area (Å²) in [5.74, 6) is -0.113. The van der Waals surface area contributed by atoms with Gasteiger partial charge in [0.25, 0.3) is 5.69 Å². The molecule has 0 fully saturated rings. The molecule has 0 radical (unpaired) electrons. The van der Waals surface area contributed by atoms with Gasteiger partial charge in [-0.3, -0.25) is 14.9 Å². The Balaban J connectivity index is 1.92. The summed E-state index contributed by atoms with van der Waals surface area (Å²) in [5.41, 5.74) is 3.85. The summed E-state index contributed by atoms with van der Waals surface area (Å²) < 4.78 is 0. The third kappa shape index (κ3) is 3.28. The van der Waals surface area contributed by atoms with Gasteiger partial charge in [-0.1, -0.05) is 12.1 Å². The summed E-state index contributed by atoms with van der Waals surface area (Å²) in [4.78, 5) is 23.8. The number of nitrogens with one attached hydrogen (secondary N) is 1. The highest BCUT2D eigenvalue weighted by Gasteiger charge is 2.22. The van der Waals surface area contributed by atoms with Crippen molar-refractivity contribution >= 4 is 23.0 Å². The molecule has 1 aliphatic heterocycles. The van der Waals surface area contributed by atoms with Crippen molar-refractivity contribution in [1.29, 1.82) is 5.26 Å². The van der Waals surface area contributed by atoms with Gasteiger partial charge >= 0.3 is 0 Å². The Morgan fingerprint density at radius 2 is 2.16 bits per heavy atom. The molecule has 126 valence electrons. The molecule has 0 spiro atoms. The van der Waals surface area contributed by atoms with Gasteiger partial charge < -0.3 is 10.2 Å². The fourth-order valence-corrected chi connectivity index (χ4v) is 3.12. The lowest BCUT2D eigenvalue weighted by Gasteiger charge is -2.32. The molecule has 0 aromatic heterocycles. The van der Waals surface area contributed by atoms with E-state index >= 15 is 0 Å². The third-order valence-corrected chi connectivity index (χ3v) is 4.23. The maximum absolute atomic E-state index is 11.3. The number of anilines is 2. The monoisotopic (exact) mass is 336 g/mol. The zero-order valence-corrected chi connectivity index (χ0v) is 13.7. The van der Waals surface area contributed by atoms with Gasteiger partial charge in [-0.05, 0) is 29.7 Å². The van der Waals surface area contributed by atoms with Crippen molar-refractivity contribution < 1.29 is 9.72 Å². The van der Waals surface area contributed by atoms with E-state index < -0.39 is 4.92 Å². The van der Waals surface area contributed by atoms with Gasteiger partial charge in [0.1, 0.15) is 6.07 Å². The molecule has 25 heavy (non-hydrogen) atoms. The van der Waals surface area contributed by atoms with E-state index in [1.807, 2.05) is 29.2 Å². The van der Waals surface area contributed by atoms with Crippen LogP contribution < -0.4 is 10.2 Å². The van der Waals surface area contributed by atoms with Crippen molar-refractivity contribution in [3.63, 3.8) is 0 Å². The van der Waals surface area contributed by atoms with E-state index in [9.17, 15) is 20.2 Å². The lowest BCUT2D eigenvalue weighted by atomic mass is 9.96. The predicted molar refractivity (Wildman–Crippen MR) is 93.3 cm³/mol. The van der Waals surface area contributed by atoms with Crippen molar-refractivity contribution in [3.8, 4) is 6.07 Å². The summed E-state index contributed by atoms with van der Waals surface area (Å²) in [5, 5.41) is 23.1. The number of benzene rings is 2. The summed E-state index contributed by atoms with van der Waals surface area (Å²) in [7, 11) is 0. The van der Waals surface area contributed by atoms with Gasteiger partial charge in [-0.2, -0.15) is 5.26 Å². The van der Waals surface area contributed by atoms with E-state index in [1.54, 1.807) is 6.07 Å². The van der Waals surface area contributed by atoms with E-state index in [2.05, 4.69) is 5.32 Å². The minimum atomic E-state index is -0.504. The summed E-state index contributed by atoms with van der Waals surface area (Å²) in [6.45, 7) is 2.72. The minimum absolute atomic E-state index is 0.0920. The van der Waals surface area contributed by atoms with Crippen molar-refractivity contribution in [2.75, 3.05) is 16.8 Å². The lowest BCUT2D eigenvalue weighted by molar-refractivity contribution is -0.384. The Kier molecular flexibility index (Phi) is 4.35. The maximum Gasteiger partial charge on any atom is 0.270 e. The van der Waals surface area contributed by atoms with E-state index in [0.717, 1.165) is 16.8 Å². The van der Waals surface area contributed by atoms with Gasteiger partial charge in [0, 0.05) is 37.8 Å². The van der Waals surface area contributed by atoms with Crippen molar-refractivity contribution in [2.45, 2.75) is 19.9 Å². The molecule has 0 unspecified atom stereocenters. The standard InChI is InChI=1S/C18H16N4O3/c1-12(23)20-17-4-2-3-13-11-21(8-7-16(13)17)18-6-5-15(22(24)25)9-14(18)10-19/h2-6,9H,7-8,11H2,1H3,(H,20,23). The highest BCUT2D eigenvalue weighted by atomic mass is 16.6. The highest BCUT2D eigenvalue weighted by molar-refractivity contribution is 5.89. The molecule has 0 saturated heterocycles. The van der Waals surface area contributed by atoms with Crippen LogP contribution in [-0.4, -0.2) is 17.4 Å². The predicted octanol–water partition coefficient (Wildman–Crippen LogP) is 2.99. The Morgan fingerprint density at radius 3 is 2.84 bits per heavy atom. The average Bonchev–Trinajstić information content (AvgIpc) is 2.60. The van der Waals surface area contributed by atoms with Crippen LogP contribution in [-0.2, 0) is 17.8 Å². The van der Waals surface area contributed by atoms with Crippen molar-refractivity contribution in [1.82, 2.24) is 0 Å². The number of nitro benzene ring substituents is 1. The van der Waals surface area contributed by atoms with Crippen LogP contribution in [0.15, 0.2) is 36.4 Å². The number of carbonyl (C=O) groups is 1. The number of amides is 1. The molecule has 7 nitrogen and oxygen atoms in total. The fourth-order valence-electron chi connectivity index (χ4n) is 3.12. The molecule has 2 aromatic rings. The quantitative estimate of drug-likeness (QED) is 0.686. The van der Waals surface area contributed by atoms with Crippen LogP contribution in [0.4, 0.5) is 17.1 Å². The zero-order valence-electron chi connectivity index (χ0n) is 13.7. The van der Waals surface area contributed by atoms with Gasteiger partial charge in [0.05, 0.1) is 16.2 Å². The first-order chi connectivity index (χ1) is 12.0. The van der Waals surface area contributed by atoms with Crippen molar-refractivity contribution in [2.24, 2.45) is 0 Å². The van der Waals surface area contributed by atoms with Crippen LogP contribution in [0.5, 0.6) is 0 Å². The van der Waals surface area contributed by atoms with Crippen molar-refractivity contribution in [3.05, 3.63) is 63.2 Å². The normalized spacial score (nSPS) is 12.9. The SMILES string of the molecule is CC(=O)Nc1cccc2c1CCN(c1ccc([N+](=O)[O-])cc1C#N)C2. The first-order valence-corrected chi connectivity index (χ1v) is 7.81. The number of hydrogen-bond acceptors (Lipinski definition) is 5. The van der Waals surface area contributed by atoms with Gasteiger partial charge in [0.2, 0.25) is 5.91 Å². The topological polar surface area (TPSA) is 99.3 Å². The molecule has 0 bridgehead atoms. The minimum Gasteiger partial charge on any atom is -0.366 e. The lowest BCUT2D eigenvalue weighted by Crippen LogP contribution is -2.31. The molecule has 2 aromatic carbocycles. The van der Waals surface area contributed by atoms with Crippen LogP contribution in [0, 0.1) is 21.4 Å². The molecule has 1 heterocycles. The molecular weight excluding hydrogens is 320 g/mol. The molecule has 3 rings (SSSR count). The first-order valence-electron chi connectivity index (χ1n) is 7.81. The zero-order chi connectivity index (χ0) is 18.0. The maximum atomic E-state index is 11.3. The van der Waals surface area contributed by atoms with Gasteiger partial charge in [-0.25, -0.2) is 0 Å². The Labute approximate surface area is 144 Å². The number of nitro groups is 1. The summed E-state index contributed by atoms with van der Waals surface area (Å²) in [6, 6.07) is 12.1. The van der Waals surface area contributed by atoms with E-state index in [4.69, 9.17) is 0 Å². The molecule has 0 aliphatic carbocycles. The number of rotatable bonds is 3. The molecule has 0 atom stereocenters. The van der Waals surface area contributed by atoms with Gasteiger partial charge in [0.15, 0.2) is 0 Å². The molecule has 7 heteroatoms. The van der Waals surface area contributed by atoms with Gasteiger partial charge in [-0.15, -0.1) is 0 Å². The molecule has 1 amide bonds. The summed E-state index contributed by atoms with van der Waals surface area (Å²) in [6.07, 6.45) is 0.716. The smallest absolute Gasteiger partial charge is 0.270 e. The van der Waals surface area contributed by atoms with Crippen LogP contribution in [0.1, 0.15) is 23.6 Å². The fraction of sp³-hybridized carbons (Fsp3) is 0.222. The Morgan fingerprint density at radius 1 is 1.36 bits per heavy atom. The second-order valence-corrected chi connectivity index (χ2v) is 5.87. The Bertz CT molecular complexity index is 902. The van der Waals surface area contributed by atoms with Crippen LogP contribution in [0.25, 0.3) is 0 Å². The number of nitriles is 1. The number of non-ortho nitro benzene ring substituents is 1. The van der Waals surface area contributed by atoms with Crippen LogP contribution >= 0.6 is 0 Å². The van der Waals surface area contributed by atoms with E-state index in [-0.39, 0.29) is 17.2 Å². The number of nitrogens with zero attached hydrogens (tertiary/aromatic N) is 3. The summed E-state index contributed by atoms with van der Waals surface area (Å²) >= 11 is 0. The van der Waals surface area contributed by atoms with Crippen LogP contribution in [0.2, 0.25) is 0 Å². The average molecular weight is 336 g/mol. The number of hydrogen-bond donors (Lipinski definition) is 1. The highest BCUT2D eigenvalue weighted by Crippen LogP contribution is 2.32. The molecule has 1 aliphatic rings. The molecule has 0 saturated carbocycles. The van der Waals surface area contributed by atoms with E-state index in [1.165, 1.54) is 19.1 Å². The van der Waals surface area contributed by atoms with Crippen LogP contribution in [0.3, 0.4) is 0 Å². The molecular formula is C18H16N4O3. The third-order valence-electron chi connectivity index (χ3n) is 4.23.